The molecule has 0 radical (unpaired) electrons. The maximum absolute atomic E-state index is 13.6. The molecule has 5 N–H and O–H groups in total. The van der Waals surface area contributed by atoms with Crippen LogP contribution >= 0.6 is 0 Å². The van der Waals surface area contributed by atoms with Gasteiger partial charge >= 0.3 is 12.1 Å². The molecule has 1 saturated carbocycles. The second-order valence-corrected chi connectivity index (χ2v) is 10.2. The molecule has 38 heavy (non-hydrogen) atoms. The number of ether oxygens (including phenoxy) is 1. The molecule has 2 aliphatic rings. The summed E-state index contributed by atoms with van der Waals surface area (Å²) in [6.07, 6.45) is 4.23. The van der Waals surface area contributed by atoms with E-state index in [4.69, 9.17) is 15.6 Å². The van der Waals surface area contributed by atoms with Gasteiger partial charge in [-0.15, -0.1) is 0 Å². The first-order chi connectivity index (χ1) is 18.3. The number of anilines is 1. The largest absolute Gasteiger partial charge is 0.478 e. The Morgan fingerprint density at radius 3 is 2.37 bits per heavy atom. The molecular weight excluding hydrogens is 490 g/mol. The summed E-state index contributed by atoms with van der Waals surface area (Å²) in [6.45, 7) is 4.57. The molecule has 0 spiro atoms. The molecule has 0 aromatic heterocycles. The molecule has 1 heterocycles. The van der Waals surface area contributed by atoms with Crippen LogP contribution in [-0.2, 0) is 14.3 Å². The SMILES string of the molecule is CCCN(CCN[C@H]1C[C@@H](C(=O)Nc2ccc(C(=O)O)cc2)N(C(=O)[C@H]2CC[C@H](CN)CC2)C1)C(=O)OC. The molecule has 0 unspecified atom stereocenters. The fraction of sp³-hybridized carbons (Fsp3) is 0.630. The molecule has 2 atom stereocenters. The summed E-state index contributed by atoms with van der Waals surface area (Å²) in [4.78, 5) is 53.4. The van der Waals surface area contributed by atoms with Crippen molar-refractivity contribution < 1.29 is 29.0 Å². The van der Waals surface area contributed by atoms with Crippen molar-refractivity contribution in [1.29, 1.82) is 0 Å². The van der Waals surface area contributed by atoms with Gasteiger partial charge in [-0.3, -0.25) is 9.59 Å². The Morgan fingerprint density at radius 1 is 1.11 bits per heavy atom. The second kappa shape index (κ2) is 14.1. The van der Waals surface area contributed by atoms with E-state index in [-0.39, 0.29) is 35.4 Å². The maximum atomic E-state index is 13.6. The van der Waals surface area contributed by atoms with Gasteiger partial charge in [-0.05, 0) is 75.3 Å². The Morgan fingerprint density at radius 2 is 1.79 bits per heavy atom. The van der Waals surface area contributed by atoms with Crippen molar-refractivity contribution in [3.63, 3.8) is 0 Å². The molecule has 3 amide bonds. The number of nitrogens with zero attached hydrogens (tertiary/aromatic N) is 2. The maximum Gasteiger partial charge on any atom is 0.409 e. The topological polar surface area (TPSA) is 154 Å². The molecule has 210 valence electrons. The first kappa shape index (κ1) is 29.4. The molecule has 3 rings (SSSR count). The Kier molecular flexibility index (Phi) is 10.9. The normalized spacial score (nSPS) is 23.1. The van der Waals surface area contributed by atoms with Crippen LogP contribution in [0, 0.1) is 11.8 Å². The van der Waals surface area contributed by atoms with Crippen molar-refractivity contribution in [3.8, 4) is 0 Å². The summed E-state index contributed by atoms with van der Waals surface area (Å²) in [5.41, 5.74) is 6.42. The monoisotopic (exact) mass is 531 g/mol. The number of rotatable bonds is 11. The Labute approximate surface area is 224 Å². The minimum Gasteiger partial charge on any atom is -0.478 e. The van der Waals surface area contributed by atoms with Crippen molar-refractivity contribution in [2.24, 2.45) is 17.6 Å². The molecule has 11 nitrogen and oxygen atoms in total. The number of carboxylic acid groups (broad SMARTS) is 1. The number of nitrogens with two attached hydrogens (primary N) is 1. The molecule has 1 aromatic carbocycles. The highest BCUT2D eigenvalue weighted by atomic mass is 16.5. The zero-order chi connectivity index (χ0) is 27.7. The zero-order valence-corrected chi connectivity index (χ0v) is 22.4. The number of amides is 3. The average Bonchev–Trinajstić information content (AvgIpc) is 3.36. The van der Waals surface area contributed by atoms with Crippen LogP contribution in [-0.4, -0.2) is 90.7 Å². The van der Waals surface area contributed by atoms with E-state index in [1.54, 1.807) is 21.9 Å². The van der Waals surface area contributed by atoms with E-state index in [1.807, 2.05) is 6.92 Å². The summed E-state index contributed by atoms with van der Waals surface area (Å²) in [5, 5.41) is 15.4. The molecule has 1 aliphatic carbocycles. The number of hydrogen-bond donors (Lipinski definition) is 4. The predicted molar refractivity (Wildman–Crippen MR) is 143 cm³/mol. The van der Waals surface area contributed by atoms with Gasteiger partial charge in [0.25, 0.3) is 0 Å². The smallest absolute Gasteiger partial charge is 0.409 e. The highest BCUT2D eigenvalue weighted by molar-refractivity contribution is 5.98. The number of carboxylic acids is 1. The van der Waals surface area contributed by atoms with Gasteiger partial charge in [-0.2, -0.15) is 0 Å². The van der Waals surface area contributed by atoms with E-state index in [9.17, 15) is 19.2 Å². The number of hydrogen-bond acceptors (Lipinski definition) is 7. The Hall–Kier alpha value is -3.18. The third kappa shape index (κ3) is 7.67. The minimum absolute atomic E-state index is 0.00619. The highest BCUT2D eigenvalue weighted by Crippen LogP contribution is 2.32. The number of benzene rings is 1. The minimum atomic E-state index is -1.04. The lowest BCUT2D eigenvalue weighted by Gasteiger charge is -2.32. The van der Waals surface area contributed by atoms with E-state index in [0.29, 0.717) is 50.7 Å². The third-order valence-electron chi connectivity index (χ3n) is 7.56. The van der Waals surface area contributed by atoms with Crippen LogP contribution in [0.25, 0.3) is 0 Å². The van der Waals surface area contributed by atoms with Crippen LogP contribution in [0.3, 0.4) is 0 Å². The quantitative estimate of drug-likeness (QED) is 0.339. The van der Waals surface area contributed by atoms with E-state index in [1.165, 1.54) is 19.2 Å². The number of nitrogens with one attached hydrogen (secondary N) is 2. The van der Waals surface area contributed by atoms with E-state index in [2.05, 4.69) is 10.6 Å². The van der Waals surface area contributed by atoms with Crippen molar-refractivity contribution in [1.82, 2.24) is 15.1 Å². The summed E-state index contributed by atoms with van der Waals surface area (Å²) in [5.74, 6) is -1.03. The van der Waals surface area contributed by atoms with Gasteiger partial charge in [0, 0.05) is 43.8 Å². The van der Waals surface area contributed by atoms with Crippen molar-refractivity contribution in [2.75, 3.05) is 45.2 Å². The number of carbonyl (C=O) groups excluding carboxylic acids is 3. The lowest BCUT2D eigenvalue weighted by molar-refractivity contribution is -0.141. The van der Waals surface area contributed by atoms with E-state index < -0.39 is 12.0 Å². The number of carbonyl (C=O) groups is 4. The van der Waals surface area contributed by atoms with Crippen LogP contribution < -0.4 is 16.4 Å². The molecule has 0 bridgehead atoms. The summed E-state index contributed by atoms with van der Waals surface area (Å²) >= 11 is 0. The van der Waals surface area contributed by atoms with Gasteiger partial charge < -0.3 is 36.0 Å². The van der Waals surface area contributed by atoms with Crippen LogP contribution in [0.2, 0.25) is 0 Å². The van der Waals surface area contributed by atoms with Gasteiger partial charge in [0.1, 0.15) is 6.04 Å². The van der Waals surface area contributed by atoms with Crippen LogP contribution in [0.15, 0.2) is 24.3 Å². The molecule has 2 fully saturated rings. The van der Waals surface area contributed by atoms with Crippen LogP contribution in [0.5, 0.6) is 0 Å². The van der Waals surface area contributed by atoms with Gasteiger partial charge in [0.05, 0.1) is 12.7 Å². The highest BCUT2D eigenvalue weighted by Gasteiger charge is 2.42. The number of likely N-dealkylation sites (tertiary alicyclic amines) is 1. The lowest BCUT2D eigenvalue weighted by Crippen LogP contribution is -2.46. The van der Waals surface area contributed by atoms with Gasteiger partial charge in [-0.25, -0.2) is 9.59 Å². The predicted octanol–water partition coefficient (Wildman–Crippen LogP) is 2.13. The lowest BCUT2D eigenvalue weighted by atomic mass is 9.81. The summed E-state index contributed by atoms with van der Waals surface area (Å²) in [6, 6.07) is 5.19. The second-order valence-electron chi connectivity index (χ2n) is 10.2. The fourth-order valence-electron chi connectivity index (χ4n) is 5.37. The Balaban J connectivity index is 1.67. The van der Waals surface area contributed by atoms with Gasteiger partial charge in [0.2, 0.25) is 11.8 Å². The number of methoxy groups -OCH3 is 1. The van der Waals surface area contributed by atoms with Crippen molar-refractivity contribution >= 4 is 29.6 Å². The Bertz CT molecular complexity index is 963. The molecular formula is C27H41N5O6. The van der Waals surface area contributed by atoms with Crippen LogP contribution in [0.4, 0.5) is 10.5 Å². The first-order valence-electron chi connectivity index (χ1n) is 13.5. The number of aromatic carboxylic acids is 1. The van der Waals surface area contributed by atoms with Gasteiger partial charge in [0.15, 0.2) is 0 Å². The summed E-state index contributed by atoms with van der Waals surface area (Å²) < 4.78 is 4.86. The molecule has 11 heteroatoms. The molecule has 1 aliphatic heterocycles. The fourth-order valence-corrected chi connectivity index (χ4v) is 5.37. The van der Waals surface area contributed by atoms with Crippen LogP contribution in [0.1, 0.15) is 55.8 Å². The standard InChI is InChI=1S/C27H41N5O6/c1-3-13-31(27(37)38-2)14-12-29-22-15-23(24(33)30-21-10-8-20(9-11-21)26(35)36)32(17-22)25(34)19-6-4-18(16-28)5-7-19/h8-11,18-19,22-23,29H,3-7,12-17,28H2,1-2H3,(H,30,33)(H,35,36)/t18-,19-,22-,23-/m0/s1. The summed E-state index contributed by atoms with van der Waals surface area (Å²) in [7, 11) is 1.36. The van der Waals surface area contributed by atoms with E-state index in [0.717, 1.165) is 32.1 Å². The molecule has 1 aromatic rings. The van der Waals surface area contributed by atoms with Gasteiger partial charge in [-0.1, -0.05) is 6.92 Å². The average molecular weight is 532 g/mol. The zero-order valence-electron chi connectivity index (χ0n) is 22.4. The van der Waals surface area contributed by atoms with E-state index >= 15 is 0 Å². The van der Waals surface area contributed by atoms with Crippen molar-refractivity contribution in [2.45, 2.75) is 57.5 Å². The third-order valence-corrected chi connectivity index (χ3v) is 7.56. The molecule has 1 saturated heterocycles. The van der Waals surface area contributed by atoms with Crippen molar-refractivity contribution in [3.05, 3.63) is 29.8 Å². The first-order valence-corrected chi connectivity index (χ1v) is 13.5.